The van der Waals surface area contributed by atoms with E-state index in [0.717, 1.165) is 57.3 Å². The summed E-state index contributed by atoms with van der Waals surface area (Å²) in [6.45, 7) is 1.97. The van der Waals surface area contributed by atoms with Crippen molar-refractivity contribution in [3.63, 3.8) is 0 Å². The minimum Gasteiger partial charge on any atom is -0.346 e. The molecule has 24 heavy (non-hydrogen) atoms. The highest BCUT2D eigenvalue weighted by Gasteiger charge is 2.43. The minimum atomic E-state index is -0.636. The second kappa shape index (κ2) is 6.10. The van der Waals surface area contributed by atoms with Gasteiger partial charge in [0.25, 0.3) is 0 Å². The Morgan fingerprint density at radius 1 is 1.12 bits per heavy atom. The van der Waals surface area contributed by atoms with E-state index in [4.69, 9.17) is 0 Å². The van der Waals surface area contributed by atoms with Crippen molar-refractivity contribution in [3.8, 4) is 0 Å². The zero-order chi connectivity index (χ0) is 16.7. The molecule has 1 heterocycles. The fourth-order valence-corrected chi connectivity index (χ4v) is 4.17. The molecular weight excluding hydrogens is 310 g/mol. The largest absolute Gasteiger partial charge is 0.346 e. The predicted molar refractivity (Wildman–Crippen MR) is 87.3 cm³/mol. The highest BCUT2D eigenvalue weighted by atomic mass is 19.1. The summed E-state index contributed by atoms with van der Waals surface area (Å²) in [6, 6.07) is 4.43. The van der Waals surface area contributed by atoms with Gasteiger partial charge in [-0.25, -0.2) is 8.78 Å². The first kappa shape index (κ1) is 16.0. The second-order valence-electron chi connectivity index (χ2n) is 7.59. The number of nitrogens with zero attached hydrogens (tertiary/aromatic N) is 1. The van der Waals surface area contributed by atoms with Gasteiger partial charge in [0.15, 0.2) is 0 Å². The lowest BCUT2D eigenvalue weighted by molar-refractivity contribution is -0.130. The molecule has 0 unspecified atom stereocenters. The van der Waals surface area contributed by atoms with Crippen LogP contribution in [-0.2, 0) is 10.3 Å². The number of piperidine rings is 1. The minimum absolute atomic E-state index is 0.0148. The Morgan fingerprint density at radius 3 is 2.38 bits per heavy atom. The molecule has 2 saturated carbocycles. The van der Waals surface area contributed by atoms with E-state index in [1.54, 1.807) is 0 Å². The lowest BCUT2D eigenvalue weighted by Crippen LogP contribution is -2.54. The van der Waals surface area contributed by atoms with Crippen LogP contribution in [0, 0.1) is 17.6 Å². The SMILES string of the molecule is O=C(NC1(c2ccc(F)cc2F)CCC1)C1CCN(C2CC2)CC1. The smallest absolute Gasteiger partial charge is 0.223 e. The van der Waals surface area contributed by atoms with Crippen LogP contribution >= 0.6 is 0 Å². The van der Waals surface area contributed by atoms with Crippen molar-refractivity contribution < 1.29 is 13.6 Å². The van der Waals surface area contributed by atoms with Crippen LogP contribution in [0.15, 0.2) is 18.2 Å². The summed E-state index contributed by atoms with van der Waals surface area (Å²) in [5.74, 6) is -1.09. The molecule has 0 atom stereocenters. The molecule has 1 aromatic carbocycles. The van der Waals surface area contributed by atoms with Crippen molar-refractivity contribution in [3.05, 3.63) is 35.4 Å². The van der Waals surface area contributed by atoms with Gasteiger partial charge in [0.2, 0.25) is 5.91 Å². The first-order valence-electron chi connectivity index (χ1n) is 9.09. The van der Waals surface area contributed by atoms with Crippen molar-refractivity contribution in [1.29, 1.82) is 0 Å². The lowest BCUT2D eigenvalue weighted by atomic mass is 9.71. The molecule has 130 valence electrons. The maximum Gasteiger partial charge on any atom is 0.223 e. The molecule has 0 radical (unpaired) electrons. The van der Waals surface area contributed by atoms with E-state index in [9.17, 15) is 13.6 Å². The molecule has 3 fully saturated rings. The number of hydrogen-bond donors (Lipinski definition) is 1. The Hall–Kier alpha value is -1.49. The van der Waals surface area contributed by atoms with Gasteiger partial charge in [0.05, 0.1) is 5.54 Å². The quantitative estimate of drug-likeness (QED) is 0.916. The number of benzene rings is 1. The average Bonchev–Trinajstić information content (AvgIpc) is 3.36. The summed E-state index contributed by atoms with van der Waals surface area (Å²) in [7, 11) is 0. The van der Waals surface area contributed by atoms with Gasteiger partial charge in [0.1, 0.15) is 11.6 Å². The van der Waals surface area contributed by atoms with E-state index in [1.807, 2.05) is 0 Å². The lowest BCUT2D eigenvalue weighted by Gasteiger charge is -2.44. The van der Waals surface area contributed by atoms with Crippen molar-refractivity contribution in [2.45, 2.75) is 56.5 Å². The van der Waals surface area contributed by atoms with E-state index in [2.05, 4.69) is 10.2 Å². The molecule has 1 aromatic rings. The van der Waals surface area contributed by atoms with Crippen molar-refractivity contribution in [2.75, 3.05) is 13.1 Å². The van der Waals surface area contributed by atoms with Crippen LogP contribution in [0.25, 0.3) is 0 Å². The summed E-state index contributed by atoms with van der Waals surface area (Å²) in [4.78, 5) is 15.2. The van der Waals surface area contributed by atoms with Crippen LogP contribution in [0.2, 0.25) is 0 Å². The van der Waals surface area contributed by atoms with Crippen LogP contribution in [0.5, 0.6) is 0 Å². The Balaban J connectivity index is 1.43. The Bertz CT molecular complexity index is 632. The molecule has 1 N–H and O–H groups in total. The second-order valence-corrected chi connectivity index (χ2v) is 7.59. The molecule has 1 amide bonds. The van der Waals surface area contributed by atoms with E-state index >= 15 is 0 Å². The third-order valence-electron chi connectivity index (χ3n) is 5.98. The summed E-state index contributed by atoms with van der Waals surface area (Å²) in [6.07, 6.45) is 6.75. The first-order chi connectivity index (χ1) is 11.6. The van der Waals surface area contributed by atoms with Crippen LogP contribution < -0.4 is 5.32 Å². The zero-order valence-electron chi connectivity index (χ0n) is 13.9. The van der Waals surface area contributed by atoms with Gasteiger partial charge in [-0.05, 0) is 64.1 Å². The van der Waals surface area contributed by atoms with E-state index in [-0.39, 0.29) is 11.8 Å². The summed E-state index contributed by atoms with van der Waals surface area (Å²) in [5.41, 5.74) is -0.207. The molecular formula is C19H24F2N2O. The fraction of sp³-hybridized carbons (Fsp3) is 0.632. The van der Waals surface area contributed by atoms with E-state index < -0.39 is 17.2 Å². The molecule has 3 aliphatic rings. The summed E-state index contributed by atoms with van der Waals surface area (Å²) in [5, 5.41) is 3.12. The highest BCUT2D eigenvalue weighted by Crippen LogP contribution is 2.43. The van der Waals surface area contributed by atoms with Crippen molar-refractivity contribution in [2.24, 2.45) is 5.92 Å². The fourth-order valence-electron chi connectivity index (χ4n) is 4.17. The summed E-state index contributed by atoms with van der Waals surface area (Å²) >= 11 is 0. The molecule has 1 aliphatic heterocycles. The molecule has 4 rings (SSSR count). The van der Waals surface area contributed by atoms with Gasteiger partial charge in [-0.1, -0.05) is 6.07 Å². The number of carbonyl (C=O) groups is 1. The highest BCUT2D eigenvalue weighted by molar-refractivity contribution is 5.80. The van der Waals surface area contributed by atoms with E-state index in [1.165, 1.54) is 25.0 Å². The van der Waals surface area contributed by atoms with Gasteiger partial charge >= 0.3 is 0 Å². The van der Waals surface area contributed by atoms with Crippen LogP contribution in [-0.4, -0.2) is 29.9 Å². The Morgan fingerprint density at radius 2 is 1.83 bits per heavy atom. The third kappa shape index (κ3) is 2.94. The third-order valence-corrected chi connectivity index (χ3v) is 5.98. The number of rotatable bonds is 4. The molecule has 0 aromatic heterocycles. The van der Waals surface area contributed by atoms with Gasteiger partial charge in [-0.15, -0.1) is 0 Å². The van der Waals surface area contributed by atoms with Gasteiger partial charge in [0, 0.05) is 23.6 Å². The van der Waals surface area contributed by atoms with Gasteiger partial charge < -0.3 is 10.2 Å². The maximum absolute atomic E-state index is 14.2. The zero-order valence-corrected chi connectivity index (χ0v) is 13.9. The monoisotopic (exact) mass is 334 g/mol. The van der Waals surface area contributed by atoms with Gasteiger partial charge in [-0.3, -0.25) is 4.79 Å². The topological polar surface area (TPSA) is 32.3 Å². The number of halogens is 2. The van der Waals surface area contributed by atoms with Crippen molar-refractivity contribution in [1.82, 2.24) is 10.2 Å². The van der Waals surface area contributed by atoms with Crippen LogP contribution in [0.3, 0.4) is 0 Å². The number of hydrogen-bond acceptors (Lipinski definition) is 2. The summed E-state index contributed by atoms with van der Waals surface area (Å²) < 4.78 is 27.4. The molecule has 3 nitrogen and oxygen atoms in total. The number of nitrogens with one attached hydrogen (secondary N) is 1. The number of amides is 1. The van der Waals surface area contributed by atoms with Gasteiger partial charge in [-0.2, -0.15) is 0 Å². The van der Waals surface area contributed by atoms with Crippen molar-refractivity contribution >= 4 is 5.91 Å². The molecule has 0 spiro atoms. The Labute approximate surface area is 141 Å². The standard InChI is InChI=1S/C19H24F2N2O/c20-14-2-5-16(17(21)12-14)19(8-1-9-19)22-18(24)13-6-10-23(11-7-13)15-3-4-15/h2,5,12-13,15H,1,3-4,6-11H2,(H,22,24). The van der Waals surface area contributed by atoms with Crippen LogP contribution in [0.4, 0.5) is 8.78 Å². The molecule has 0 bridgehead atoms. The first-order valence-corrected chi connectivity index (χ1v) is 9.09. The number of likely N-dealkylation sites (tertiary alicyclic amines) is 1. The maximum atomic E-state index is 14.2. The normalized spacial score (nSPS) is 24.4. The molecule has 5 heteroatoms. The van der Waals surface area contributed by atoms with E-state index in [0.29, 0.717) is 5.56 Å². The molecule has 1 saturated heterocycles. The molecule has 2 aliphatic carbocycles. The number of carbonyl (C=O) groups excluding carboxylic acids is 1. The predicted octanol–water partition coefficient (Wildman–Crippen LogP) is 3.33. The average molecular weight is 334 g/mol. The van der Waals surface area contributed by atoms with Crippen LogP contribution in [0.1, 0.15) is 50.5 Å². The Kier molecular flexibility index (Phi) is 4.07.